The van der Waals surface area contributed by atoms with Crippen molar-refractivity contribution < 1.29 is 19.4 Å². The summed E-state index contributed by atoms with van der Waals surface area (Å²) in [5, 5.41) is 21.9. The summed E-state index contributed by atoms with van der Waals surface area (Å²) in [5.41, 5.74) is 4.54. The predicted molar refractivity (Wildman–Crippen MR) is 88.1 cm³/mol. The number of imide groups is 1. The van der Waals surface area contributed by atoms with E-state index in [1.165, 1.54) is 24.3 Å². The molecule has 2 N–H and O–H groups in total. The highest BCUT2D eigenvalue weighted by molar-refractivity contribution is 6.20. The number of benzene rings is 2. The van der Waals surface area contributed by atoms with E-state index in [0.29, 0.717) is 5.69 Å². The van der Waals surface area contributed by atoms with Gasteiger partial charge in [-0.05, 0) is 24.3 Å². The molecule has 0 heterocycles. The Morgan fingerprint density at radius 3 is 1.84 bits per heavy atom. The van der Waals surface area contributed by atoms with Gasteiger partial charge >= 0.3 is 0 Å². The largest absolute Gasteiger partial charge is 0.399 e. The third-order valence-corrected chi connectivity index (χ3v) is 3.24. The Morgan fingerprint density at radius 1 is 0.960 bits per heavy atom. The van der Waals surface area contributed by atoms with E-state index >= 15 is 0 Å². The number of nitrogens with zero attached hydrogens (tertiary/aromatic N) is 3. The van der Waals surface area contributed by atoms with E-state index in [-0.39, 0.29) is 11.3 Å². The molecule has 128 valence electrons. The van der Waals surface area contributed by atoms with Crippen LogP contribution in [0.5, 0.6) is 0 Å². The van der Waals surface area contributed by atoms with E-state index in [1.807, 2.05) is 0 Å². The Hall–Kier alpha value is -3.82. The molecule has 0 fully saturated rings. The van der Waals surface area contributed by atoms with Gasteiger partial charge in [0.25, 0.3) is 17.3 Å². The van der Waals surface area contributed by atoms with E-state index in [4.69, 9.17) is 5.73 Å². The van der Waals surface area contributed by atoms with Crippen molar-refractivity contribution in [3.63, 3.8) is 0 Å². The van der Waals surface area contributed by atoms with Crippen LogP contribution in [0.2, 0.25) is 0 Å². The quantitative estimate of drug-likeness (QED) is 0.507. The van der Waals surface area contributed by atoms with Crippen LogP contribution in [-0.2, 0) is 4.79 Å². The van der Waals surface area contributed by atoms with Crippen molar-refractivity contribution in [2.24, 2.45) is 0 Å². The molecule has 25 heavy (non-hydrogen) atoms. The molecule has 0 aliphatic heterocycles. The number of carbonyl (C=O) groups excluding carboxylic acids is 2. The summed E-state index contributed by atoms with van der Waals surface area (Å²) in [5.74, 6) is -1.59. The third kappa shape index (κ3) is 3.75. The average molecular weight is 344 g/mol. The zero-order valence-electron chi connectivity index (χ0n) is 12.9. The molecule has 0 spiro atoms. The molecule has 0 radical (unpaired) electrons. The number of nitro groups is 2. The zero-order valence-corrected chi connectivity index (χ0v) is 12.9. The van der Waals surface area contributed by atoms with Crippen molar-refractivity contribution in [3.8, 4) is 0 Å². The maximum atomic E-state index is 12.6. The zero-order chi connectivity index (χ0) is 18.7. The van der Waals surface area contributed by atoms with Gasteiger partial charge in [-0.25, -0.2) is 4.90 Å². The van der Waals surface area contributed by atoms with Gasteiger partial charge in [0.1, 0.15) is 0 Å². The van der Waals surface area contributed by atoms with Crippen LogP contribution in [-0.4, -0.2) is 21.7 Å². The molecule has 0 atom stereocenters. The monoisotopic (exact) mass is 344 g/mol. The Labute approximate surface area is 140 Å². The highest BCUT2D eigenvalue weighted by Crippen LogP contribution is 2.26. The molecule has 2 rings (SSSR count). The van der Waals surface area contributed by atoms with Crippen molar-refractivity contribution in [1.29, 1.82) is 0 Å². The number of non-ortho nitro benzene ring substituents is 2. The molecule has 0 aliphatic rings. The second kappa shape index (κ2) is 6.74. The van der Waals surface area contributed by atoms with E-state index < -0.39 is 33.0 Å². The smallest absolute Gasteiger partial charge is 0.277 e. The second-order valence-electron chi connectivity index (χ2n) is 5.00. The second-order valence-corrected chi connectivity index (χ2v) is 5.00. The first-order valence-corrected chi connectivity index (χ1v) is 6.85. The molecule has 2 aromatic carbocycles. The Kier molecular flexibility index (Phi) is 4.73. The fourth-order valence-electron chi connectivity index (χ4n) is 2.12. The van der Waals surface area contributed by atoms with Crippen LogP contribution in [0.3, 0.4) is 0 Å². The highest BCUT2D eigenvalue weighted by Gasteiger charge is 2.26. The maximum Gasteiger partial charge on any atom is 0.277 e. The van der Waals surface area contributed by atoms with E-state index in [0.717, 1.165) is 30.0 Å². The fourth-order valence-corrected chi connectivity index (χ4v) is 2.12. The van der Waals surface area contributed by atoms with Crippen LogP contribution >= 0.6 is 0 Å². The molecule has 0 aliphatic carbocycles. The number of rotatable bonds is 4. The molecule has 10 heteroatoms. The van der Waals surface area contributed by atoms with Crippen LogP contribution < -0.4 is 10.6 Å². The van der Waals surface area contributed by atoms with Crippen molar-refractivity contribution in [2.75, 3.05) is 10.6 Å². The Balaban J connectivity index is 2.56. The first-order chi connectivity index (χ1) is 11.7. The van der Waals surface area contributed by atoms with Crippen LogP contribution in [0.25, 0.3) is 0 Å². The molecular weight excluding hydrogens is 332 g/mol. The topological polar surface area (TPSA) is 150 Å². The molecule has 2 amide bonds. The van der Waals surface area contributed by atoms with Gasteiger partial charge in [-0.3, -0.25) is 29.8 Å². The summed E-state index contributed by atoms with van der Waals surface area (Å²) in [4.78, 5) is 45.5. The Bertz CT molecular complexity index is 846. The average Bonchev–Trinajstić information content (AvgIpc) is 2.55. The van der Waals surface area contributed by atoms with Crippen LogP contribution in [0.1, 0.15) is 17.3 Å². The molecule has 0 aromatic heterocycles. The number of nitrogens with two attached hydrogens (primary N) is 1. The predicted octanol–water partition coefficient (Wildman–Crippen LogP) is 2.28. The van der Waals surface area contributed by atoms with Gasteiger partial charge in [0, 0.05) is 24.7 Å². The van der Waals surface area contributed by atoms with Crippen molar-refractivity contribution in [3.05, 3.63) is 68.3 Å². The molecule has 2 aromatic rings. The number of nitro benzene ring substituents is 2. The summed E-state index contributed by atoms with van der Waals surface area (Å²) in [6.45, 7) is 1.13. The standard InChI is InChI=1S/C15H12N4O6/c1-9(20)17(12-4-2-11(16)3-5-12)15(21)10-6-13(18(22)23)8-14(7-10)19(24)25/h2-8H,16H2,1H3. The molecule has 0 saturated carbocycles. The lowest BCUT2D eigenvalue weighted by molar-refractivity contribution is -0.394. The van der Waals surface area contributed by atoms with Crippen LogP contribution in [0, 0.1) is 20.2 Å². The normalized spacial score (nSPS) is 10.1. The van der Waals surface area contributed by atoms with Crippen molar-refractivity contribution >= 4 is 34.6 Å². The number of nitrogen functional groups attached to an aromatic ring is 1. The van der Waals surface area contributed by atoms with Gasteiger partial charge < -0.3 is 5.73 Å². The van der Waals surface area contributed by atoms with Crippen molar-refractivity contribution in [2.45, 2.75) is 6.92 Å². The lowest BCUT2D eigenvalue weighted by Gasteiger charge is -2.19. The lowest BCUT2D eigenvalue weighted by Crippen LogP contribution is -2.35. The summed E-state index contributed by atoms with van der Waals surface area (Å²) in [7, 11) is 0. The van der Waals surface area contributed by atoms with E-state index in [9.17, 15) is 29.8 Å². The molecule has 0 unspecified atom stereocenters. The third-order valence-electron chi connectivity index (χ3n) is 3.24. The van der Waals surface area contributed by atoms with Gasteiger partial charge in [-0.1, -0.05) is 0 Å². The minimum absolute atomic E-state index is 0.181. The summed E-state index contributed by atoms with van der Waals surface area (Å²) in [6.07, 6.45) is 0. The number of hydrogen-bond acceptors (Lipinski definition) is 7. The highest BCUT2D eigenvalue weighted by atomic mass is 16.6. The maximum absolute atomic E-state index is 12.6. The van der Waals surface area contributed by atoms with Crippen molar-refractivity contribution in [1.82, 2.24) is 0 Å². The molecule has 0 saturated heterocycles. The van der Waals surface area contributed by atoms with Crippen LogP contribution in [0.4, 0.5) is 22.7 Å². The van der Waals surface area contributed by atoms with Gasteiger partial charge in [-0.2, -0.15) is 0 Å². The van der Waals surface area contributed by atoms with Gasteiger partial charge in [0.05, 0.1) is 27.2 Å². The minimum atomic E-state index is -0.927. The van der Waals surface area contributed by atoms with Gasteiger partial charge in [0.15, 0.2) is 0 Å². The summed E-state index contributed by atoms with van der Waals surface area (Å²) >= 11 is 0. The summed E-state index contributed by atoms with van der Waals surface area (Å²) < 4.78 is 0. The minimum Gasteiger partial charge on any atom is -0.399 e. The molecule has 10 nitrogen and oxygen atoms in total. The lowest BCUT2D eigenvalue weighted by atomic mass is 10.1. The van der Waals surface area contributed by atoms with E-state index in [2.05, 4.69) is 0 Å². The fraction of sp³-hybridized carbons (Fsp3) is 0.0667. The first kappa shape index (κ1) is 17.5. The summed E-state index contributed by atoms with van der Waals surface area (Å²) in [6, 6.07) is 8.26. The number of amides is 2. The number of carbonyl (C=O) groups is 2. The molecule has 0 bridgehead atoms. The molecular formula is C15H12N4O6. The Morgan fingerprint density at radius 2 is 1.44 bits per heavy atom. The number of hydrogen-bond donors (Lipinski definition) is 1. The van der Waals surface area contributed by atoms with Gasteiger partial charge in [-0.15, -0.1) is 0 Å². The number of anilines is 2. The first-order valence-electron chi connectivity index (χ1n) is 6.85. The SMILES string of the molecule is CC(=O)N(C(=O)c1cc([N+](=O)[O-])cc([N+](=O)[O-])c1)c1ccc(N)cc1. The van der Waals surface area contributed by atoms with Crippen LogP contribution in [0.15, 0.2) is 42.5 Å². The van der Waals surface area contributed by atoms with E-state index in [1.54, 1.807) is 0 Å². The van der Waals surface area contributed by atoms with Gasteiger partial charge in [0.2, 0.25) is 5.91 Å².